The maximum atomic E-state index is 6.07. The molecule has 3 nitrogen and oxygen atoms in total. The van der Waals surface area contributed by atoms with Gasteiger partial charge >= 0.3 is 0 Å². The lowest BCUT2D eigenvalue weighted by molar-refractivity contribution is 0.470. The standard InChI is InChI=1S/C23H17NO2/c1-3-7-18(8-4-1)22-17-24-16-15-23(22)26-21-13-11-20(12-14-21)25-19-9-5-2-6-10-19/h1-17H. The number of pyridine rings is 1. The Hall–Kier alpha value is -3.59. The third-order valence-corrected chi connectivity index (χ3v) is 3.90. The lowest BCUT2D eigenvalue weighted by Gasteiger charge is -2.11. The summed E-state index contributed by atoms with van der Waals surface area (Å²) in [6.07, 6.45) is 3.55. The molecule has 0 fully saturated rings. The van der Waals surface area contributed by atoms with Crippen molar-refractivity contribution >= 4 is 0 Å². The van der Waals surface area contributed by atoms with Crippen LogP contribution in [-0.2, 0) is 0 Å². The number of para-hydroxylation sites is 1. The van der Waals surface area contributed by atoms with Crippen LogP contribution in [0.1, 0.15) is 0 Å². The second-order valence-electron chi connectivity index (χ2n) is 5.73. The van der Waals surface area contributed by atoms with Gasteiger partial charge in [-0.05, 0) is 48.0 Å². The smallest absolute Gasteiger partial charge is 0.138 e. The minimum Gasteiger partial charge on any atom is -0.457 e. The van der Waals surface area contributed by atoms with E-state index in [1.807, 2.05) is 97.2 Å². The third-order valence-electron chi connectivity index (χ3n) is 3.90. The molecule has 0 unspecified atom stereocenters. The average molecular weight is 339 g/mol. The number of hydrogen-bond acceptors (Lipinski definition) is 3. The van der Waals surface area contributed by atoms with Crippen LogP contribution in [0.3, 0.4) is 0 Å². The number of nitrogens with zero attached hydrogens (tertiary/aromatic N) is 1. The SMILES string of the molecule is c1ccc(Oc2ccc(Oc3ccncc3-c3ccccc3)cc2)cc1. The van der Waals surface area contributed by atoms with Gasteiger partial charge < -0.3 is 9.47 Å². The molecule has 4 aromatic rings. The molecule has 4 rings (SSSR count). The highest BCUT2D eigenvalue weighted by molar-refractivity contribution is 5.69. The molecular weight excluding hydrogens is 322 g/mol. The van der Waals surface area contributed by atoms with Crippen molar-refractivity contribution in [2.24, 2.45) is 0 Å². The third kappa shape index (κ3) is 3.73. The fourth-order valence-corrected chi connectivity index (χ4v) is 2.63. The molecule has 0 atom stereocenters. The van der Waals surface area contributed by atoms with Gasteiger partial charge in [-0.1, -0.05) is 48.5 Å². The molecule has 0 aliphatic rings. The number of benzene rings is 3. The predicted molar refractivity (Wildman–Crippen MR) is 103 cm³/mol. The summed E-state index contributed by atoms with van der Waals surface area (Å²) in [5, 5.41) is 0. The summed E-state index contributed by atoms with van der Waals surface area (Å²) in [5.74, 6) is 3.08. The topological polar surface area (TPSA) is 31.4 Å². The Morgan fingerprint density at radius 2 is 1.12 bits per heavy atom. The molecular formula is C23H17NO2. The second kappa shape index (κ2) is 7.53. The molecule has 0 saturated heterocycles. The molecule has 0 bridgehead atoms. The van der Waals surface area contributed by atoms with Crippen molar-refractivity contribution in [3.8, 4) is 34.1 Å². The second-order valence-corrected chi connectivity index (χ2v) is 5.73. The summed E-state index contributed by atoms with van der Waals surface area (Å²) in [5.41, 5.74) is 2.03. The first kappa shape index (κ1) is 15.9. The highest BCUT2D eigenvalue weighted by atomic mass is 16.5. The van der Waals surface area contributed by atoms with Crippen LogP contribution >= 0.6 is 0 Å². The van der Waals surface area contributed by atoms with E-state index >= 15 is 0 Å². The molecule has 3 heteroatoms. The van der Waals surface area contributed by atoms with E-state index in [0.29, 0.717) is 0 Å². The van der Waals surface area contributed by atoms with Crippen LogP contribution in [0.4, 0.5) is 0 Å². The molecule has 3 aromatic carbocycles. The number of hydrogen-bond donors (Lipinski definition) is 0. The Morgan fingerprint density at radius 3 is 1.81 bits per heavy atom. The van der Waals surface area contributed by atoms with Gasteiger partial charge in [0.1, 0.15) is 23.0 Å². The van der Waals surface area contributed by atoms with E-state index in [1.54, 1.807) is 6.20 Å². The average Bonchev–Trinajstić information content (AvgIpc) is 2.71. The van der Waals surface area contributed by atoms with E-state index in [1.165, 1.54) is 0 Å². The number of aromatic nitrogens is 1. The molecule has 0 aliphatic carbocycles. The van der Waals surface area contributed by atoms with Crippen LogP contribution in [0.2, 0.25) is 0 Å². The van der Waals surface area contributed by atoms with Crippen molar-refractivity contribution < 1.29 is 9.47 Å². The van der Waals surface area contributed by atoms with Crippen molar-refractivity contribution in [3.63, 3.8) is 0 Å². The quantitative estimate of drug-likeness (QED) is 0.425. The summed E-state index contributed by atoms with van der Waals surface area (Å²) in [7, 11) is 0. The lowest BCUT2D eigenvalue weighted by Crippen LogP contribution is -1.90. The summed E-state index contributed by atoms with van der Waals surface area (Å²) >= 11 is 0. The minimum atomic E-state index is 0.744. The van der Waals surface area contributed by atoms with Gasteiger partial charge in [-0.3, -0.25) is 4.98 Å². The van der Waals surface area contributed by atoms with Gasteiger partial charge in [0.15, 0.2) is 0 Å². The maximum Gasteiger partial charge on any atom is 0.138 e. The van der Waals surface area contributed by atoms with Crippen LogP contribution in [0.25, 0.3) is 11.1 Å². The lowest BCUT2D eigenvalue weighted by atomic mass is 10.1. The van der Waals surface area contributed by atoms with Gasteiger partial charge in [0.2, 0.25) is 0 Å². The normalized spacial score (nSPS) is 10.3. The molecule has 1 heterocycles. The van der Waals surface area contributed by atoms with Gasteiger partial charge in [-0.2, -0.15) is 0 Å². The molecule has 0 saturated carbocycles. The van der Waals surface area contributed by atoms with E-state index in [9.17, 15) is 0 Å². The summed E-state index contributed by atoms with van der Waals surface area (Å²) in [6, 6.07) is 29.2. The van der Waals surface area contributed by atoms with Crippen molar-refractivity contribution in [1.29, 1.82) is 0 Å². The first-order valence-electron chi connectivity index (χ1n) is 8.39. The van der Waals surface area contributed by atoms with Gasteiger partial charge in [-0.25, -0.2) is 0 Å². The predicted octanol–water partition coefficient (Wildman–Crippen LogP) is 6.33. The van der Waals surface area contributed by atoms with E-state index in [-0.39, 0.29) is 0 Å². The zero-order chi connectivity index (χ0) is 17.6. The highest BCUT2D eigenvalue weighted by Gasteiger charge is 2.07. The zero-order valence-electron chi connectivity index (χ0n) is 14.1. The number of ether oxygens (including phenoxy) is 2. The van der Waals surface area contributed by atoms with Crippen molar-refractivity contribution in [3.05, 3.63) is 103 Å². The monoisotopic (exact) mass is 339 g/mol. The van der Waals surface area contributed by atoms with Gasteiger partial charge in [0.05, 0.1) is 0 Å². The van der Waals surface area contributed by atoms with E-state index in [4.69, 9.17) is 9.47 Å². The zero-order valence-corrected chi connectivity index (χ0v) is 14.1. The van der Waals surface area contributed by atoms with Gasteiger partial charge in [0, 0.05) is 18.0 Å². The van der Waals surface area contributed by atoms with Crippen LogP contribution < -0.4 is 9.47 Å². The van der Waals surface area contributed by atoms with Crippen molar-refractivity contribution in [2.45, 2.75) is 0 Å². The Bertz CT molecular complexity index is 968. The fraction of sp³-hybridized carbons (Fsp3) is 0. The van der Waals surface area contributed by atoms with Crippen LogP contribution in [-0.4, -0.2) is 4.98 Å². The first-order valence-corrected chi connectivity index (χ1v) is 8.39. The first-order chi connectivity index (χ1) is 12.9. The Balaban J connectivity index is 1.53. The fourth-order valence-electron chi connectivity index (χ4n) is 2.63. The molecule has 0 aliphatic heterocycles. The molecule has 0 N–H and O–H groups in total. The van der Waals surface area contributed by atoms with Crippen LogP contribution in [0, 0.1) is 0 Å². The molecule has 0 spiro atoms. The Morgan fingerprint density at radius 1 is 0.538 bits per heavy atom. The Kier molecular flexibility index (Phi) is 4.61. The summed E-state index contributed by atoms with van der Waals surface area (Å²) < 4.78 is 11.9. The molecule has 126 valence electrons. The van der Waals surface area contributed by atoms with Crippen LogP contribution in [0.5, 0.6) is 23.0 Å². The Labute approximate surface area is 152 Å². The van der Waals surface area contributed by atoms with E-state index in [2.05, 4.69) is 4.98 Å². The largest absolute Gasteiger partial charge is 0.457 e. The summed E-state index contributed by atoms with van der Waals surface area (Å²) in [4.78, 5) is 4.22. The highest BCUT2D eigenvalue weighted by Crippen LogP contribution is 2.33. The van der Waals surface area contributed by atoms with Crippen molar-refractivity contribution in [1.82, 2.24) is 4.98 Å². The van der Waals surface area contributed by atoms with E-state index in [0.717, 1.165) is 34.1 Å². The number of rotatable bonds is 5. The molecule has 1 aromatic heterocycles. The van der Waals surface area contributed by atoms with Crippen molar-refractivity contribution in [2.75, 3.05) is 0 Å². The van der Waals surface area contributed by atoms with Gasteiger partial charge in [0.25, 0.3) is 0 Å². The molecule has 26 heavy (non-hydrogen) atoms. The summed E-state index contributed by atoms with van der Waals surface area (Å²) in [6.45, 7) is 0. The molecule has 0 amide bonds. The van der Waals surface area contributed by atoms with Crippen LogP contribution in [0.15, 0.2) is 103 Å². The minimum absolute atomic E-state index is 0.744. The molecule has 0 radical (unpaired) electrons. The van der Waals surface area contributed by atoms with Gasteiger partial charge in [-0.15, -0.1) is 0 Å². The van der Waals surface area contributed by atoms with E-state index < -0.39 is 0 Å². The maximum absolute atomic E-state index is 6.07.